The highest BCUT2D eigenvalue weighted by Crippen LogP contribution is 2.34. The molecule has 0 bridgehead atoms. The molecule has 0 aliphatic heterocycles. The van der Waals surface area contributed by atoms with Crippen LogP contribution in [0.4, 0.5) is 0 Å². The van der Waals surface area contributed by atoms with Gasteiger partial charge in [-0.05, 0) is 46.5 Å². The summed E-state index contributed by atoms with van der Waals surface area (Å²) in [6.07, 6.45) is 0.825. The number of nitrogens with zero attached hydrogens (tertiary/aromatic N) is 1. The summed E-state index contributed by atoms with van der Waals surface area (Å²) < 4.78 is 25.6. The maximum Gasteiger partial charge on any atom is 0.219 e. The second kappa shape index (κ2) is 4.54. The zero-order valence-electron chi connectivity index (χ0n) is 12.9. The van der Waals surface area contributed by atoms with Crippen LogP contribution in [0.5, 0.6) is 0 Å². The minimum absolute atomic E-state index is 0.102. The van der Waals surface area contributed by atoms with Crippen molar-refractivity contribution in [1.29, 1.82) is 0 Å². The van der Waals surface area contributed by atoms with Crippen LogP contribution in [0.1, 0.15) is 61.8 Å². The van der Waals surface area contributed by atoms with E-state index in [1.54, 1.807) is 27.8 Å². The first-order valence-electron chi connectivity index (χ1n) is 6.10. The van der Waals surface area contributed by atoms with Crippen molar-refractivity contribution in [3.63, 3.8) is 0 Å². The van der Waals surface area contributed by atoms with Gasteiger partial charge in [0.2, 0.25) is 10.0 Å². The van der Waals surface area contributed by atoms with E-state index in [2.05, 4.69) is 20.8 Å². The molecule has 0 amide bonds. The van der Waals surface area contributed by atoms with Crippen LogP contribution in [0.3, 0.4) is 0 Å². The van der Waals surface area contributed by atoms with Crippen LogP contribution < -0.4 is 0 Å². The lowest BCUT2D eigenvalue weighted by molar-refractivity contribution is 0.174. The molecule has 0 aliphatic carbocycles. The van der Waals surface area contributed by atoms with Crippen LogP contribution >= 0.6 is 0 Å². The highest BCUT2D eigenvalue weighted by Gasteiger charge is 2.41. The molecule has 4 heteroatoms. The largest absolute Gasteiger partial charge is 0.219 e. The van der Waals surface area contributed by atoms with Gasteiger partial charge in [-0.15, -0.1) is 0 Å². The van der Waals surface area contributed by atoms with Crippen LogP contribution in [0, 0.1) is 5.41 Å². The molecule has 3 nitrogen and oxygen atoms in total. The number of sulfonamides is 1. The molecular formula is C13H29NO2S. The van der Waals surface area contributed by atoms with E-state index in [0.29, 0.717) is 0 Å². The third-order valence-corrected chi connectivity index (χ3v) is 5.71. The number of hydrogen-bond acceptors (Lipinski definition) is 2. The quantitative estimate of drug-likeness (QED) is 0.783. The van der Waals surface area contributed by atoms with Gasteiger partial charge in [-0.25, -0.2) is 8.42 Å². The normalized spacial score (nSPS) is 15.4. The molecule has 0 fully saturated rings. The fraction of sp³-hybridized carbons (Fsp3) is 1.00. The van der Waals surface area contributed by atoms with Gasteiger partial charge < -0.3 is 0 Å². The second-order valence-electron chi connectivity index (χ2n) is 7.63. The van der Waals surface area contributed by atoms with E-state index in [0.717, 1.165) is 6.42 Å². The first kappa shape index (κ1) is 16.9. The predicted octanol–water partition coefficient (Wildman–Crippen LogP) is 3.26. The molecule has 0 rings (SSSR count). The fourth-order valence-electron chi connectivity index (χ4n) is 2.15. The van der Waals surface area contributed by atoms with Crippen molar-refractivity contribution in [3.05, 3.63) is 0 Å². The van der Waals surface area contributed by atoms with Gasteiger partial charge in [0.1, 0.15) is 0 Å². The van der Waals surface area contributed by atoms with Gasteiger partial charge >= 0.3 is 0 Å². The Morgan fingerprint density at radius 3 is 1.47 bits per heavy atom. The van der Waals surface area contributed by atoms with Crippen molar-refractivity contribution < 1.29 is 8.42 Å². The minimum Gasteiger partial charge on any atom is -0.212 e. The van der Waals surface area contributed by atoms with Gasteiger partial charge in [-0.2, -0.15) is 4.31 Å². The Morgan fingerprint density at radius 1 is 0.882 bits per heavy atom. The Kier molecular flexibility index (Phi) is 4.52. The zero-order chi connectivity index (χ0) is 14.3. The van der Waals surface area contributed by atoms with Crippen LogP contribution in [0.25, 0.3) is 0 Å². The van der Waals surface area contributed by atoms with Gasteiger partial charge in [-0.3, -0.25) is 0 Å². The summed E-state index contributed by atoms with van der Waals surface area (Å²) in [5, 5.41) is 0. The summed E-state index contributed by atoms with van der Waals surface area (Å²) in [6, 6.07) is 0. The van der Waals surface area contributed by atoms with Crippen LogP contribution in [0.15, 0.2) is 0 Å². The summed E-state index contributed by atoms with van der Waals surface area (Å²) >= 11 is 0. The topological polar surface area (TPSA) is 37.4 Å². The molecule has 0 atom stereocenters. The molecule has 0 unspecified atom stereocenters. The molecule has 0 heterocycles. The monoisotopic (exact) mass is 263 g/mol. The molecule has 0 aromatic heterocycles. The minimum atomic E-state index is -3.27. The summed E-state index contributed by atoms with van der Waals surface area (Å²) in [5.74, 6) is 0. The summed E-state index contributed by atoms with van der Waals surface area (Å²) in [5.41, 5.74) is -0.268. The van der Waals surface area contributed by atoms with E-state index >= 15 is 0 Å². The van der Waals surface area contributed by atoms with Crippen LogP contribution in [-0.4, -0.2) is 30.1 Å². The Balaban J connectivity index is 5.26. The van der Waals surface area contributed by atoms with Gasteiger partial charge in [-0.1, -0.05) is 20.8 Å². The SMILES string of the molecule is CN(C(C)(C)CC(C)(C)C)S(=O)(=O)C(C)(C)C. The first-order chi connectivity index (χ1) is 7.11. The molecule has 17 heavy (non-hydrogen) atoms. The maximum atomic E-state index is 12.4. The summed E-state index contributed by atoms with van der Waals surface area (Å²) in [4.78, 5) is 0. The number of rotatable bonds is 3. The molecule has 0 radical (unpaired) electrons. The van der Waals surface area contributed by atoms with E-state index in [1.807, 2.05) is 13.8 Å². The Labute approximate surface area is 108 Å². The predicted molar refractivity (Wildman–Crippen MR) is 74.6 cm³/mol. The van der Waals surface area contributed by atoms with E-state index in [9.17, 15) is 8.42 Å². The smallest absolute Gasteiger partial charge is 0.212 e. The van der Waals surface area contributed by atoms with Gasteiger partial charge in [0, 0.05) is 12.6 Å². The van der Waals surface area contributed by atoms with Crippen LogP contribution in [0.2, 0.25) is 0 Å². The third kappa shape index (κ3) is 4.25. The van der Waals surface area contributed by atoms with Gasteiger partial charge in [0.15, 0.2) is 0 Å². The highest BCUT2D eigenvalue weighted by atomic mass is 32.2. The van der Waals surface area contributed by atoms with Crippen molar-refractivity contribution in [2.24, 2.45) is 5.41 Å². The lowest BCUT2D eigenvalue weighted by atomic mass is 9.82. The molecule has 104 valence electrons. The zero-order valence-corrected chi connectivity index (χ0v) is 13.7. The Hall–Kier alpha value is -0.0900. The molecule has 0 aliphatic rings. The van der Waals surface area contributed by atoms with E-state index in [-0.39, 0.29) is 11.0 Å². The van der Waals surface area contributed by atoms with E-state index < -0.39 is 14.8 Å². The van der Waals surface area contributed by atoms with Gasteiger partial charge in [0.25, 0.3) is 0 Å². The summed E-state index contributed by atoms with van der Waals surface area (Å²) in [7, 11) is -1.59. The van der Waals surface area contributed by atoms with Gasteiger partial charge in [0.05, 0.1) is 4.75 Å². The third-order valence-electron chi connectivity index (χ3n) is 2.95. The molecule has 0 N–H and O–H groups in total. The van der Waals surface area contributed by atoms with Crippen molar-refractivity contribution in [2.45, 2.75) is 72.1 Å². The van der Waals surface area contributed by atoms with Crippen molar-refractivity contribution >= 4 is 10.0 Å². The van der Waals surface area contributed by atoms with E-state index in [1.165, 1.54) is 4.31 Å². The molecular weight excluding hydrogens is 234 g/mol. The average Bonchev–Trinajstić information content (AvgIpc) is 1.95. The van der Waals surface area contributed by atoms with Crippen molar-refractivity contribution in [1.82, 2.24) is 4.31 Å². The number of hydrogen-bond donors (Lipinski definition) is 0. The average molecular weight is 263 g/mol. The molecule has 0 spiro atoms. The highest BCUT2D eigenvalue weighted by molar-refractivity contribution is 7.90. The Bertz CT molecular complexity index is 356. The standard InChI is InChI=1S/C13H29NO2S/c1-11(2,3)10-13(7,8)14(9)17(15,16)12(4,5)6/h10H2,1-9H3. The maximum absolute atomic E-state index is 12.4. The molecule has 0 aromatic carbocycles. The summed E-state index contributed by atoms with van der Waals surface area (Å²) in [6.45, 7) is 15.6. The second-order valence-corrected chi connectivity index (χ2v) is 10.4. The van der Waals surface area contributed by atoms with Crippen LogP contribution in [-0.2, 0) is 10.0 Å². The molecule has 0 saturated carbocycles. The molecule has 0 aromatic rings. The molecule has 0 saturated heterocycles. The lowest BCUT2D eigenvalue weighted by Crippen LogP contribution is -2.52. The lowest BCUT2D eigenvalue weighted by Gasteiger charge is -2.42. The van der Waals surface area contributed by atoms with Crippen molar-refractivity contribution in [2.75, 3.05) is 7.05 Å². The first-order valence-corrected chi connectivity index (χ1v) is 7.54. The van der Waals surface area contributed by atoms with Crippen molar-refractivity contribution in [3.8, 4) is 0 Å². The Morgan fingerprint density at radius 2 is 1.24 bits per heavy atom. The fourth-order valence-corrected chi connectivity index (χ4v) is 3.68. The van der Waals surface area contributed by atoms with E-state index in [4.69, 9.17) is 0 Å².